The molecule has 2 aromatic rings. The fourth-order valence-corrected chi connectivity index (χ4v) is 3.69. The smallest absolute Gasteiger partial charge is 0.326 e. The van der Waals surface area contributed by atoms with E-state index in [2.05, 4.69) is 20.9 Å². The summed E-state index contributed by atoms with van der Waals surface area (Å²) in [6.45, 7) is 2.56. The second-order valence-electron chi connectivity index (χ2n) is 8.78. The van der Waals surface area contributed by atoms with Gasteiger partial charge in [-0.1, -0.05) is 38.5 Å². The largest absolute Gasteiger partial charge is 0.481 e. The van der Waals surface area contributed by atoms with Crippen LogP contribution >= 0.6 is 0 Å². The molecular formula is C24H33N5O8. The molecule has 3 amide bonds. The van der Waals surface area contributed by atoms with Gasteiger partial charge in [0, 0.05) is 23.5 Å². The lowest BCUT2D eigenvalue weighted by Crippen LogP contribution is -2.59. The van der Waals surface area contributed by atoms with Crippen molar-refractivity contribution in [1.29, 1.82) is 0 Å². The maximum absolute atomic E-state index is 13.2. The fraction of sp³-hybridized carbons (Fsp3) is 0.458. The lowest BCUT2D eigenvalue weighted by Gasteiger charge is -2.25. The van der Waals surface area contributed by atoms with Gasteiger partial charge in [-0.2, -0.15) is 0 Å². The number of aromatic nitrogens is 1. The molecule has 0 aliphatic carbocycles. The number of aromatic amines is 1. The van der Waals surface area contributed by atoms with Crippen LogP contribution in [-0.2, 0) is 30.4 Å². The SMILES string of the molecule is CCC(C)C(NC(=O)C(CO)NC(=O)C(Cc1c[nH]c2ccccc12)NC(=O)C(N)CC(=O)O)C(=O)O. The van der Waals surface area contributed by atoms with E-state index in [1.807, 2.05) is 12.1 Å². The van der Waals surface area contributed by atoms with Gasteiger partial charge in [0.1, 0.15) is 18.1 Å². The van der Waals surface area contributed by atoms with Crippen molar-refractivity contribution in [1.82, 2.24) is 20.9 Å². The van der Waals surface area contributed by atoms with Crippen molar-refractivity contribution in [2.45, 2.75) is 57.3 Å². The summed E-state index contributed by atoms with van der Waals surface area (Å²) in [6, 6.07) is 1.76. The second-order valence-corrected chi connectivity index (χ2v) is 8.78. The highest BCUT2D eigenvalue weighted by Gasteiger charge is 2.32. The van der Waals surface area contributed by atoms with Crippen LogP contribution in [0.1, 0.15) is 32.3 Å². The second kappa shape index (κ2) is 13.4. The molecule has 0 bridgehead atoms. The zero-order valence-corrected chi connectivity index (χ0v) is 20.6. The van der Waals surface area contributed by atoms with Crippen molar-refractivity contribution in [2.75, 3.05) is 6.61 Å². The summed E-state index contributed by atoms with van der Waals surface area (Å²) in [5, 5.41) is 35.9. The number of para-hydroxylation sites is 1. The standard InChI is InChI=1S/C24H33N5O8/c1-3-12(2)20(24(36)37)29-23(35)18(11-30)28-22(34)17(27-21(33)15(25)9-19(31)32)8-13-10-26-16-7-5-4-6-14(13)16/h4-7,10,12,15,17-18,20,26,30H,3,8-9,11,25H2,1-2H3,(H,27,33)(H,28,34)(H,29,35)(H,31,32)(H,36,37). The number of hydrogen-bond acceptors (Lipinski definition) is 7. The number of aliphatic carboxylic acids is 2. The molecule has 0 fully saturated rings. The summed E-state index contributed by atoms with van der Waals surface area (Å²) in [5.41, 5.74) is 7.07. The first-order valence-corrected chi connectivity index (χ1v) is 11.8. The molecule has 1 aromatic heterocycles. The Morgan fingerprint density at radius 3 is 2.19 bits per heavy atom. The average Bonchev–Trinajstić information content (AvgIpc) is 3.26. The number of amides is 3. The summed E-state index contributed by atoms with van der Waals surface area (Å²) in [7, 11) is 0. The highest BCUT2D eigenvalue weighted by molar-refractivity contribution is 5.95. The topological polar surface area (TPSA) is 224 Å². The lowest BCUT2D eigenvalue weighted by atomic mass is 9.99. The predicted molar refractivity (Wildman–Crippen MR) is 132 cm³/mol. The molecule has 0 aliphatic heterocycles. The first kappa shape index (κ1) is 29.3. The number of carbonyl (C=O) groups is 5. The van der Waals surface area contributed by atoms with E-state index in [-0.39, 0.29) is 6.42 Å². The van der Waals surface area contributed by atoms with Crippen molar-refractivity contribution < 1.29 is 39.3 Å². The maximum atomic E-state index is 13.2. The molecule has 5 atom stereocenters. The molecule has 13 heteroatoms. The summed E-state index contributed by atoms with van der Waals surface area (Å²) in [6.07, 6.45) is 1.39. The van der Waals surface area contributed by atoms with Crippen molar-refractivity contribution in [2.24, 2.45) is 11.7 Å². The van der Waals surface area contributed by atoms with E-state index in [0.29, 0.717) is 12.0 Å². The van der Waals surface area contributed by atoms with Gasteiger partial charge in [-0.15, -0.1) is 0 Å². The molecule has 202 valence electrons. The Hall–Kier alpha value is -3.97. The van der Waals surface area contributed by atoms with Gasteiger partial charge in [0.2, 0.25) is 17.7 Å². The van der Waals surface area contributed by atoms with E-state index < -0.39 is 72.8 Å². The van der Waals surface area contributed by atoms with Gasteiger partial charge in [-0.25, -0.2) is 4.79 Å². The highest BCUT2D eigenvalue weighted by Crippen LogP contribution is 2.19. The zero-order chi connectivity index (χ0) is 27.7. The number of benzene rings is 1. The number of fused-ring (bicyclic) bond motifs is 1. The van der Waals surface area contributed by atoms with Crippen LogP contribution in [0.4, 0.5) is 0 Å². The number of nitrogens with one attached hydrogen (secondary N) is 4. The van der Waals surface area contributed by atoms with Crippen LogP contribution in [0.15, 0.2) is 30.5 Å². The summed E-state index contributed by atoms with van der Waals surface area (Å²) in [4.78, 5) is 63.9. The molecule has 5 unspecified atom stereocenters. The molecule has 0 radical (unpaired) electrons. The molecule has 0 aliphatic rings. The van der Waals surface area contributed by atoms with E-state index in [1.54, 1.807) is 32.2 Å². The Kier molecular flexibility index (Phi) is 10.6. The fourth-order valence-electron chi connectivity index (χ4n) is 3.69. The number of aliphatic hydroxyl groups excluding tert-OH is 1. The maximum Gasteiger partial charge on any atom is 0.326 e. The minimum Gasteiger partial charge on any atom is -0.481 e. The number of rotatable bonds is 14. The van der Waals surface area contributed by atoms with E-state index in [1.165, 1.54) is 0 Å². The number of H-pyrrole nitrogens is 1. The average molecular weight is 520 g/mol. The predicted octanol–water partition coefficient (Wildman–Crippen LogP) is -0.910. The Labute approximate surface area is 212 Å². The van der Waals surface area contributed by atoms with E-state index in [4.69, 9.17) is 10.8 Å². The lowest BCUT2D eigenvalue weighted by molar-refractivity contribution is -0.144. The third-order valence-electron chi connectivity index (χ3n) is 6.06. The molecular weight excluding hydrogens is 486 g/mol. The van der Waals surface area contributed by atoms with Crippen LogP contribution in [-0.4, -0.2) is 80.7 Å². The van der Waals surface area contributed by atoms with E-state index in [9.17, 15) is 34.2 Å². The minimum atomic E-state index is -1.51. The number of hydrogen-bond donors (Lipinski definition) is 8. The summed E-state index contributed by atoms with van der Waals surface area (Å²) < 4.78 is 0. The Bertz CT molecular complexity index is 1130. The van der Waals surface area contributed by atoms with Gasteiger partial charge in [0.15, 0.2) is 0 Å². The molecule has 0 spiro atoms. The van der Waals surface area contributed by atoms with Gasteiger partial charge in [-0.05, 0) is 17.5 Å². The first-order chi connectivity index (χ1) is 17.5. The van der Waals surface area contributed by atoms with Crippen molar-refractivity contribution in [3.8, 4) is 0 Å². The third-order valence-corrected chi connectivity index (χ3v) is 6.06. The minimum absolute atomic E-state index is 0.0498. The summed E-state index contributed by atoms with van der Waals surface area (Å²) in [5.74, 6) is -5.64. The Balaban J connectivity index is 2.25. The van der Waals surface area contributed by atoms with Crippen LogP contribution in [0, 0.1) is 5.92 Å². The van der Waals surface area contributed by atoms with Crippen LogP contribution in [0.25, 0.3) is 10.9 Å². The van der Waals surface area contributed by atoms with Crippen LogP contribution in [0.5, 0.6) is 0 Å². The molecule has 13 nitrogen and oxygen atoms in total. The zero-order valence-electron chi connectivity index (χ0n) is 20.6. The quantitative estimate of drug-likeness (QED) is 0.154. The van der Waals surface area contributed by atoms with Crippen molar-refractivity contribution in [3.05, 3.63) is 36.0 Å². The van der Waals surface area contributed by atoms with Gasteiger partial charge < -0.3 is 42.0 Å². The number of nitrogens with two attached hydrogens (primary N) is 1. The highest BCUT2D eigenvalue weighted by atomic mass is 16.4. The van der Waals surface area contributed by atoms with Crippen LogP contribution in [0.2, 0.25) is 0 Å². The van der Waals surface area contributed by atoms with Gasteiger partial charge in [0.05, 0.1) is 19.1 Å². The molecule has 1 aromatic carbocycles. The number of carboxylic acid groups (broad SMARTS) is 2. The Morgan fingerprint density at radius 2 is 1.59 bits per heavy atom. The monoisotopic (exact) mass is 519 g/mol. The molecule has 0 saturated heterocycles. The number of carbonyl (C=O) groups excluding carboxylic acids is 3. The third kappa shape index (κ3) is 8.02. The van der Waals surface area contributed by atoms with E-state index in [0.717, 1.165) is 10.9 Å². The molecule has 2 rings (SSSR count). The van der Waals surface area contributed by atoms with Crippen molar-refractivity contribution >= 4 is 40.6 Å². The molecule has 0 saturated carbocycles. The van der Waals surface area contributed by atoms with Crippen LogP contribution < -0.4 is 21.7 Å². The molecule has 1 heterocycles. The number of aliphatic hydroxyl groups is 1. The first-order valence-electron chi connectivity index (χ1n) is 11.8. The summed E-state index contributed by atoms with van der Waals surface area (Å²) >= 11 is 0. The number of carboxylic acids is 2. The van der Waals surface area contributed by atoms with Crippen LogP contribution in [0.3, 0.4) is 0 Å². The van der Waals surface area contributed by atoms with E-state index >= 15 is 0 Å². The van der Waals surface area contributed by atoms with Gasteiger partial charge in [0.25, 0.3) is 0 Å². The Morgan fingerprint density at radius 1 is 0.973 bits per heavy atom. The normalized spacial score (nSPS) is 15.1. The van der Waals surface area contributed by atoms with Crippen molar-refractivity contribution in [3.63, 3.8) is 0 Å². The molecule has 9 N–H and O–H groups in total. The van der Waals surface area contributed by atoms with Gasteiger partial charge >= 0.3 is 11.9 Å². The molecule has 37 heavy (non-hydrogen) atoms. The van der Waals surface area contributed by atoms with Gasteiger partial charge in [-0.3, -0.25) is 19.2 Å².